The first-order valence-electron chi connectivity index (χ1n) is 12.5. The summed E-state index contributed by atoms with van der Waals surface area (Å²) >= 11 is 0. The summed E-state index contributed by atoms with van der Waals surface area (Å²) < 4.78 is 29.1. The number of carbonyl (C=O) groups excluding carboxylic acids is 1. The van der Waals surface area contributed by atoms with Gasteiger partial charge in [-0.3, -0.25) is 14.8 Å². The van der Waals surface area contributed by atoms with Gasteiger partial charge in [-0.1, -0.05) is 6.92 Å². The van der Waals surface area contributed by atoms with Crippen LogP contribution in [0.4, 0.5) is 20.3 Å². The molecule has 3 heterocycles. The van der Waals surface area contributed by atoms with E-state index < -0.39 is 11.6 Å². The largest absolute Gasteiger partial charge is 0.328 e. The molecule has 190 valence electrons. The van der Waals surface area contributed by atoms with Gasteiger partial charge in [0.05, 0.1) is 17.4 Å². The van der Waals surface area contributed by atoms with Crippen LogP contribution in [0, 0.1) is 17.6 Å². The van der Waals surface area contributed by atoms with E-state index in [9.17, 15) is 13.6 Å². The molecule has 0 amide bonds. The summed E-state index contributed by atoms with van der Waals surface area (Å²) in [5.41, 5.74) is 9.31. The summed E-state index contributed by atoms with van der Waals surface area (Å²) in [6.45, 7) is 2.21. The molecule has 37 heavy (non-hydrogen) atoms. The van der Waals surface area contributed by atoms with E-state index in [0.717, 1.165) is 30.4 Å². The summed E-state index contributed by atoms with van der Waals surface area (Å²) in [6.07, 6.45) is 9.51. The summed E-state index contributed by atoms with van der Waals surface area (Å²) in [7, 11) is 1.63. The Kier molecular flexibility index (Phi) is 6.93. The van der Waals surface area contributed by atoms with Crippen molar-refractivity contribution in [3.05, 3.63) is 89.5 Å². The SMILES string of the molecule is C[C@@H]1C[C@H](N)C[C@H](c2ccncc2CC(=O)c2ccc(F)c3cc(N(C)c4ncccc4F)cnc23)C1. The molecule has 0 radical (unpaired) electrons. The minimum atomic E-state index is -0.511. The van der Waals surface area contributed by atoms with Gasteiger partial charge in [0.2, 0.25) is 0 Å². The lowest BCUT2D eigenvalue weighted by molar-refractivity contribution is 0.0994. The molecular weight excluding hydrogens is 472 g/mol. The molecule has 1 saturated carbocycles. The van der Waals surface area contributed by atoms with Crippen molar-refractivity contribution in [2.75, 3.05) is 11.9 Å². The van der Waals surface area contributed by atoms with E-state index in [1.807, 2.05) is 6.07 Å². The molecule has 0 spiro atoms. The number of nitrogens with two attached hydrogens (primary N) is 1. The van der Waals surface area contributed by atoms with E-state index in [4.69, 9.17) is 5.73 Å². The zero-order chi connectivity index (χ0) is 26.1. The number of pyridine rings is 3. The quantitative estimate of drug-likeness (QED) is 0.340. The van der Waals surface area contributed by atoms with Crippen LogP contribution in [-0.2, 0) is 6.42 Å². The molecular formula is C29H29F2N5O. The van der Waals surface area contributed by atoms with Crippen molar-refractivity contribution in [2.24, 2.45) is 11.7 Å². The fraction of sp³-hybridized carbons (Fsp3) is 0.310. The topological polar surface area (TPSA) is 85.0 Å². The third-order valence-electron chi connectivity index (χ3n) is 7.24. The van der Waals surface area contributed by atoms with Crippen molar-refractivity contribution in [2.45, 2.75) is 44.6 Å². The molecule has 0 unspecified atom stereocenters. The van der Waals surface area contributed by atoms with E-state index in [0.29, 0.717) is 17.2 Å². The number of halogens is 2. The Hall–Kier alpha value is -3.78. The predicted molar refractivity (Wildman–Crippen MR) is 140 cm³/mol. The number of fused-ring (bicyclic) bond motifs is 1. The molecule has 5 rings (SSSR count). The van der Waals surface area contributed by atoms with E-state index in [1.165, 1.54) is 41.6 Å². The fourth-order valence-corrected chi connectivity index (χ4v) is 5.49. The lowest BCUT2D eigenvalue weighted by Gasteiger charge is -2.32. The van der Waals surface area contributed by atoms with Crippen LogP contribution < -0.4 is 10.6 Å². The number of carbonyl (C=O) groups is 1. The van der Waals surface area contributed by atoms with Gasteiger partial charge in [-0.15, -0.1) is 0 Å². The Balaban J connectivity index is 1.46. The number of hydrogen-bond acceptors (Lipinski definition) is 6. The van der Waals surface area contributed by atoms with Gasteiger partial charge in [0, 0.05) is 49.1 Å². The van der Waals surface area contributed by atoms with Crippen molar-refractivity contribution < 1.29 is 13.6 Å². The Morgan fingerprint density at radius 3 is 2.68 bits per heavy atom. The van der Waals surface area contributed by atoms with Crippen LogP contribution in [0.25, 0.3) is 10.9 Å². The maximum Gasteiger partial charge on any atom is 0.169 e. The van der Waals surface area contributed by atoms with Crippen molar-refractivity contribution in [3.8, 4) is 0 Å². The second kappa shape index (κ2) is 10.3. The Morgan fingerprint density at radius 1 is 1.05 bits per heavy atom. The number of ketones is 1. The Bertz CT molecular complexity index is 1450. The molecule has 4 aromatic rings. The van der Waals surface area contributed by atoms with Crippen LogP contribution in [0.2, 0.25) is 0 Å². The average Bonchev–Trinajstić information content (AvgIpc) is 2.88. The molecule has 0 saturated heterocycles. The third-order valence-corrected chi connectivity index (χ3v) is 7.24. The number of benzene rings is 1. The minimum absolute atomic E-state index is 0.0946. The highest BCUT2D eigenvalue weighted by Gasteiger charge is 2.28. The molecule has 2 N–H and O–H groups in total. The maximum absolute atomic E-state index is 14.9. The highest BCUT2D eigenvalue weighted by molar-refractivity contribution is 6.08. The highest BCUT2D eigenvalue weighted by Crippen LogP contribution is 2.37. The van der Waals surface area contributed by atoms with Gasteiger partial charge in [0.25, 0.3) is 0 Å². The molecule has 1 fully saturated rings. The van der Waals surface area contributed by atoms with Gasteiger partial charge in [0.15, 0.2) is 17.4 Å². The first kappa shape index (κ1) is 24.9. The van der Waals surface area contributed by atoms with Gasteiger partial charge in [-0.2, -0.15) is 0 Å². The number of nitrogens with zero attached hydrogens (tertiary/aromatic N) is 4. The zero-order valence-corrected chi connectivity index (χ0v) is 20.9. The van der Waals surface area contributed by atoms with Gasteiger partial charge in [-0.25, -0.2) is 13.8 Å². The van der Waals surface area contributed by atoms with Gasteiger partial charge >= 0.3 is 0 Å². The fourth-order valence-electron chi connectivity index (χ4n) is 5.49. The van der Waals surface area contributed by atoms with E-state index >= 15 is 0 Å². The number of anilines is 2. The van der Waals surface area contributed by atoms with Crippen molar-refractivity contribution >= 4 is 28.2 Å². The summed E-state index contributed by atoms with van der Waals surface area (Å²) in [4.78, 5) is 27.8. The zero-order valence-electron chi connectivity index (χ0n) is 20.9. The van der Waals surface area contributed by atoms with Crippen LogP contribution in [-0.4, -0.2) is 33.8 Å². The molecule has 6 nitrogen and oxygen atoms in total. The summed E-state index contributed by atoms with van der Waals surface area (Å²) in [5.74, 6) is -0.299. The number of rotatable bonds is 6. The highest BCUT2D eigenvalue weighted by atomic mass is 19.1. The van der Waals surface area contributed by atoms with Crippen LogP contribution in [0.15, 0.2) is 61.2 Å². The lowest BCUT2D eigenvalue weighted by atomic mass is 9.75. The van der Waals surface area contributed by atoms with Crippen molar-refractivity contribution in [1.29, 1.82) is 0 Å². The monoisotopic (exact) mass is 501 g/mol. The van der Waals surface area contributed by atoms with Gasteiger partial charge in [-0.05, 0) is 78.6 Å². The molecule has 1 aromatic carbocycles. The average molecular weight is 502 g/mol. The van der Waals surface area contributed by atoms with Crippen LogP contribution in [0.3, 0.4) is 0 Å². The predicted octanol–water partition coefficient (Wildman–Crippen LogP) is 5.73. The second-order valence-corrected chi connectivity index (χ2v) is 10.00. The smallest absolute Gasteiger partial charge is 0.169 e. The van der Waals surface area contributed by atoms with Crippen LogP contribution in [0.1, 0.15) is 53.6 Å². The summed E-state index contributed by atoms with van der Waals surface area (Å²) in [5, 5.41) is 0.185. The number of hydrogen-bond donors (Lipinski definition) is 1. The molecule has 3 atom stereocenters. The molecule has 3 aromatic heterocycles. The first-order valence-corrected chi connectivity index (χ1v) is 12.5. The van der Waals surface area contributed by atoms with Gasteiger partial charge < -0.3 is 10.6 Å². The number of aromatic nitrogens is 3. The van der Waals surface area contributed by atoms with Crippen LogP contribution >= 0.6 is 0 Å². The Labute approximate surface area is 214 Å². The molecule has 8 heteroatoms. The standard InChI is InChI=1S/C29H29F2N5O/c1-17-10-18(12-20(32)11-17)22-7-9-33-15-19(22)13-27(37)23-5-6-25(30)24-14-21(16-35-28(23)24)36(2)29-26(31)4-3-8-34-29/h3-9,14-18,20H,10-13,32H2,1-2H3/t17-,18+,20-/m0/s1. The molecule has 0 aliphatic heterocycles. The van der Waals surface area contributed by atoms with Crippen molar-refractivity contribution in [1.82, 2.24) is 15.0 Å². The van der Waals surface area contributed by atoms with E-state index in [2.05, 4.69) is 21.9 Å². The maximum atomic E-state index is 14.9. The Morgan fingerprint density at radius 2 is 1.89 bits per heavy atom. The normalized spacial score (nSPS) is 19.6. The number of Topliss-reactive ketones (excluding diaryl/α,β-unsaturated/α-hetero) is 1. The third kappa shape index (κ3) is 5.06. The van der Waals surface area contributed by atoms with Crippen LogP contribution in [0.5, 0.6) is 0 Å². The molecule has 1 aliphatic rings. The minimum Gasteiger partial charge on any atom is -0.328 e. The van der Waals surface area contributed by atoms with Crippen molar-refractivity contribution in [3.63, 3.8) is 0 Å². The molecule has 0 bridgehead atoms. The van der Waals surface area contributed by atoms with E-state index in [1.54, 1.807) is 25.5 Å². The summed E-state index contributed by atoms with van der Waals surface area (Å²) in [6, 6.07) is 9.24. The van der Waals surface area contributed by atoms with E-state index in [-0.39, 0.29) is 40.9 Å². The first-order chi connectivity index (χ1) is 17.8. The van der Waals surface area contributed by atoms with Gasteiger partial charge in [0.1, 0.15) is 5.82 Å². The lowest BCUT2D eigenvalue weighted by Crippen LogP contribution is -2.31. The molecule has 1 aliphatic carbocycles. The second-order valence-electron chi connectivity index (χ2n) is 10.00.